The first-order valence-corrected chi connectivity index (χ1v) is 35.6. The Hall–Kier alpha value is -1.66. The highest BCUT2D eigenvalue weighted by Crippen LogP contribution is 2.19. The first-order chi connectivity index (χ1) is 38.5. The number of carbonyl (C=O) groups is 2. The average Bonchev–Trinajstić information content (AvgIpc) is 3.44. The number of ether oxygens (including phenoxy) is 1. The van der Waals surface area contributed by atoms with Crippen LogP contribution in [0.15, 0.2) is 24.3 Å². The molecule has 0 spiro atoms. The van der Waals surface area contributed by atoms with Gasteiger partial charge in [-0.05, 0) is 77.0 Å². The second-order valence-corrected chi connectivity index (χ2v) is 24.6. The number of hydrogen-bond acceptors (Lipinski definition) is 5. The first-order valence-electron chi connectivity index (χ1n) is 35.6. The Morgan fingerprint density at radius 3 is 0.910 bits per heavy atom. The summed E-state index contributed by atoms with van der Waals surface area (Å²) < 4.78 is 5.49. The molecule has 1 amide bonds. The van der Waals surface area contributed by atoms with Crippen LogP contribution in [0.5, 0.6) is 0 Å². The van der Waals surface area contributed by atoms with E-state index in [0.29, 0.717) is 25.9 Å². The fourth-order valence-electron chi connectivity index (χ4n) is 11.3. The van der Waals surface area contributed by atoms with E-state index >= 15 is 0 Å². The van der Waals surface area contributed by atoms with Gasteiger partial charge in [0.15, 0.2) is 0 Å². The number of nitrogens with one attached hydrogen (secondary N) is 1. The standard InChI is InChI=1S/C72H139NO5/c1-3-5-7-9-11-13-15-17-19-21-33-36-40-44-48-52-56-60-64-70(75)69(68-74)73-71(76)65-61-57-53-49-45-41-37-34-31-29-27-25-23-22-24-26-28-30-32-35-39-43-47-51-55-59-63-67-78-72(77)66-62-58-54-50-46-42-38-20-18-16-14-12-10-8-6-4-2/h20,22-23,38,69-70,74-75H,3-19,21,24-37,39-68H2,1-2H3,(H,73,76)/b23-22-,38-20-. The smallest absolute Gasteiger partial charge is 0.305 e. The lowest BCUT2D eigenvalue weighted by atomic mass is 10.0. The van der Waals surface area contributed by atoms with Crippen molar-refractivity contribution in [2.24, 2.45) is 0 Å². The van der Waals surface area contributed by atoms with E-state index in [0.717, 1.165) is 44.9 Å². The highest BCUT2D eigenvalue weighted by atomic mass is 16.5. The minimum Gasteiger partial charge on any atom is -0.466 e. The van der Waals surface area contributed by atoms with E-state index in [9.17, 15) is 19.8 Å². The van der Waals surface area contributed by atoms with Crippen LogP contribution in [0.25, 0.3) is 0 Å². The summed E-state index contributed by atoms with van der Waals surface area (Å²) in [7, 11) is 0. The van der Waals surface area contributed by atoms with Crippen molar-refractivity contribution in [3.8, 4) is 0 Å². The summed E-state index contributed by atoms with van der Waals surface area (Å²) in [5, 5.41) is 23.4. The summed E-state index contributed by atoms with van der Waals surface area (Å²) >= 11 is 0. The largest absolute Gasteiger partial charge is 0.466 e. The molecule has 0 heterocycles. The summed E-state index contributed by atoms with van der Waals surface area (Å²) in [5.74, 6) is -0.0236. The van der Waals surface area contributed by atoms with E-state index in [1.54, 1.807) is 0 Å². The second-order valence-electron chi connectivity index (χ2n) is 24.6. The van der Waals surface area contributed by atoms with Crippen molar-refractivity contribution < 1.29 is 24.5 Å². The molecule has 0 fully saturated rings. The van der Waals surface area contributed by atoms with Gasteiger partial charge in [0.05, 0.1) is 25.4 Å². The third-order valence-electron chi connectivity index (χ3n) is 16.7. The van der Waals surface area contributed by atoms with Crippen LogP contribution < -0.4 is 5.32 Å². The van der Waals surface area contributed by atoms with E-state index in [1.165, 1.54) is 321 Å². The molecule has 2 unspecified atom stereocenters. The normalized spacial score (nSPS) is 12.6. The molecular weight excluding hydrogens is 959 g/mol. The lowest BCUT2D eigenvalue weighted by molar-refractivity contribution is -0.143. The highest BCUT2D eigenvalue weighted by Gasteiger charge is 2.20. The summed E-state index contributed by atoms with van der Waals surface area (Å²) in [6.07, 6.45) is 85.1. The molecule has 0 aliphatic heterocycles. The van der Waals surface area contributed by atoms with E-state index in [-0.39, 0.29) is 18.5 Å². The van der Waals surface area contributed by atoms with Crippen molar-refractivity contribution >= 4 is 11.9 Å². The van der Waals surface area contributed by atoms with Gasteiger partial charge in [-0.15, -0.1) is 0 Å². The van der Waals surface area contributed by atoms with Crippen LogP contribution in [0.2, 0.25) is 0 Å². The van der Waals surface area contributed by atoms with Crippen molar-refractivity contribution in [1.82, 2.24) is 5.32 Å². The van der Waals surface area contributed by atoms with Crippen LogP contribution in [0.4, 0.5) is 0 Å². The van der Waals surface area contributed by atoms with Gasteiger partial charge in [0.1, 0.15) is 0 Å². The maximum absolute atomic E-state index is 12.5. The molecule has 0 radical (unpaired) electrons. The van der Waals surface area contributed by atoms with Crippen LogP contribution in [0, 0.1) is 0 Å². The molecule has 0 aromatic carbocycles. The van der Waals surface area contributed by atoms with Gasteiger partial charge >= 0.3 is 5.97 Å². The third-order valence-corrected chi connectivity index (χ3v) is 16.7. The Morgan fingerprint density at radius 2 is 0.603 bits per heavy atom. The molecule has 0 aromatic heterocycles. The molecular formula is C72H139NO5. The highest BCUT2D eigenvalue weighted by molar-refractivity contribution is 5.76. The summed E-state index contributed by atoms with van der Waals surface area (Å²) in [6, 6.07) is -0.542. The van der Waals surface area contributed by atoms with Gasteiger partial charge in [-0.3, -0.25) is 9.59 Å². The summed E-state index contributed by atoms with van der Waals surface area (Å²) in [6.45, 7) is 4.98. The van der Waals surface area contributed by atoms with Crippen molar-refractivity contribution in [2.45, 2.75) is 411 Å². The van der Waals surface area contributed by atoms with Crippen LogP contribution in [-0.2, 0) is 14.3 Å². The van der Waals surface area contributed by atoms with Crippen LogP contribution in [0.3, 0.4) is 0 Å². The number of amides is 1. The Labute approximate surface area is 488 Å². The number of aliphatic hydroxyl groups excluding tert-OH is 2. The van der Waals surface area contributed by atoms with Gasteiger partial charge in [-0.25, -0.2) is 0 Å². The lowest BCUT2D eigenvalue weighted by Crippen LogP contribution is -2.45. The molecule has 2 atom stereocenters. The predicted octanol–water partition coefficient (Wildman–Crippen LogP) is 22.9. The quantitative estimate of drug-likeness (QED) is 0.0320. The fraction of sp³-hybridized carbons (Fsp3) is 0.917. The molecule has 0 bridgehead atoms. The van der Waals surface area contributed by atoms with Crippen LogP contribution in [0.1, 0.15) is 399 Å². The molecule has 78 heavy (non-hydrogen) atoms. The molecule has 462 valence electrons. The Bertz CT molecular complexity index is 1220. The van der Waals surface area contributed by atoms with Crippen molar-refractivity contribution in [3.05, 3.63) is 24.3 Å². The number of hydrogen-bond donors (Lipinski definition) is 3. The van der Waals surface area contributed by atoms with E-state index in [2.05, 4.69) is 43.5 Å². The monoisotopic (exact) mass is 1100 g/mol. The molecule has 0 aromatic rings. The maximum atomic E-state index is 12.5. The van der Waals surface area contributed by atoms with Crippen LogP contribution >= 0.6 is 0 Å². The van der Waals surface area contributed by atoms with Crippen LogP contribution in [-0.4, -0.2) is 47.4 Å². The summed E-state index contributed by atoms with van der Waals surface area (Å²) in [4.78, 5) is 24.6. The number of unbranched alkanes of at least 4 members (excludes halogenated alkanes) is 52. The molecule has 6 heteroatoms. The van der Waals surface area contributed by atoms with E-state index in [1.807, 2.05) is 0 Å². The number of allylic oxidation sites excluding steroid dienone is 4. The Morgan fingerprint density at radius 1 is 0.346 bits per heavy atom. The molecule has 3 N–H and O–H groups in total. The second kappa shape index (κ2) is 67.8. The molecule has 0 rings (SSSR count). The van der Waals surface area contributed by atoms with Crippen molar-refractivity contribution in [2.75, 3.05) is 13.2 Å². The van der Waals surface area contributed by atoms with Gasteiger partial charge in [-0.2, -0.15) is 0 Å². The number of carbonyl (C=O) groups excluding carboxylic acids is 2. The number of rotatable bonds is 67. The van der Waals surface area contributed by atoms with Crippen molar-refractivity contribution in [3.63, 3.8) is 0 Å². The maximum Gasteiger partial charge on any atom is 0.305 e. The average molecular weight is 1100 g/mol. The zero-order chi connectivity index (χ0) is 56.4. The van der Waals surface area contributed by atoms with Gasteiger partial charge in [-0.1, -0.05) is 334 Å². The lowest BCUT2D eigenvalue weighted by Gasteiger charge is -2.22. The molecule has 0 saturated carbocycles. The minimum absolute atomic E-state index is 0.00852. The topological polar surface area (TPSA) is 95.9 Å². The van der Waals surface area contributed by atoms with Gasteiger partial charge < -0.3 is 20.3 Å². The Balaban J connectivity index is 3.38. The molecule has 0 aliphatic rings. The SMILES string of the molecule is CCCCCCCCC/C=C\CCCCCCCC(=O)OCCCCCCCCCCCCCC/C=C\CCCCCCCCCCCCCC(=O)NC(CO)C(O)CCCCCCCCCCCCCCCCCCCC. The molecule has 6 nitrogen and oxygen atoms in total. The van der Waals surface area contributed by atoms with Gasteiger partial charge in [0.2, 0.25) is 5.91 Å². The third kappa shape index (κ3) is 63.5. The Kier molecular flexibility index (Phi) is 66.4. The van der Waals surface area contributed by atoms with Crippen molar-refractivity contribution in [1.29, 1.82) is 0 Å². The zero-order valence-electron chi connectivity index (χ0n) is 52.9. The number of esters is 1. The first kappa shape index (κ1) is 76.3. The van der Waals surface area contributed by atoms with Gasteiger partial charge in [0, 0.05) is 12.8 Å². The summed E-state index contributed by atoms with van der Waals surface area (Å²) in [5.41, 5.74) is 0. The zero-order valence-corrected chi connectivity index (χ0v) is 52.9. The molecule has 0 saturated heterocycles. The minimum atomic E-state index is -0.665. The van der Waals surface area contributed by atoms with E-state index < -0.39 is 12.1 Å². The molecule has 0 aliphatic carbocycles. The van der Waals surface area contributed by atoms with Gasteiger partial charge in [0.25, 0.3) is 0 Å². The number of aliphatic hydroxyl groups is 2. The fourth-order valence-corrected chi connectivity index (χ4v) is 11.3. The van der Waals surface area contributed by atoms with E-state index in [4.69, 9.17) is 4.74 Å². The predicted molar refractivity (Wildman–Crippen MR) is 343 cm³/mol.